The maximum Gasteiger partial charge on any atom is 0.326 e. The third-order valence-corrected chi connectivity index (χ3v) is 5.29. The summed E-state index contributed by atoms with van der Waals surface area (Å²) in [4.78, 5) is 24.2. The number of halogens is 1. The van der Waals surface area contributed by atoms with Gasteiger partial charge in [0.2, 0.25) is 5.91 Å². The fourth-order valence-corrected chi connectivity index (χ4v) is 3.48. The quantitative estimate of drug-likeness (QED) is 0.741. The minimum absolute atomic E-state index is 0.166. The van der Waals surface area contributed by atoms with E-state index < -0.39 is 12.0 Å². The topological polar surface area (TPSA) is 75.6 Å². The summed E-state index contributed by atoms with van der Waals surface area (Å²) in [7, 11) is 0. The van der Waals surface area contributed by atoms with Crippen molar-refractivity contribution in [1.29, 1.82) is 0 Å². The van der Waals surface area contributed by atoms with Gasteiger partial charge in [-0.05, 0) is 37.3 Å². The van der Waals surface area contributed by atoms with E-state index in [9.17, 15) is 14.7 Å². The Hall–Kier alpha value is -1.40. The van der Waals surface area contributed by atoms with E-state index in [-0.39, 0.29) is 17.7 Å². The fourth-order valence-electron chi connectivity index (χ4n) is 3.03. The first-order valence-corrected chi connectivity index (χ1v) is 9.16. The summed E-state index contributed by atoms with van der Waals surface area (Å²) in [5, 5.41) is 12.2. The Bertz CT molecular complexity index is 572. The van der Waals surface area contributed by atoms with Crippen LogP contribution in [0.3, 0.4) is 0 Å². The van der Waals surface area contributed by atoms with Gasteiger partial charge in [-0.3, -0.25) is 4.79 Å². The van der Waals surface area contributed by atoms with Gasteiger partial charge in [0.1, 0.15) is 6.04 Å². The fraction of sp³-hybridized carbons (Fsp3) is 0.556. The molecule has 1 amide bonds. The van der Waals surface area contributed by atoms with Crippen molar-refractivity contribution in [3.63, 3.8) is 0 Å². The largest absolute Gasteiger partial charge is 0.480 e. The summed E-state index contributed by atoms with van der Waals surface area (Å²) in [5.41, 5.74) is 1.05. The second-order valence-electron chi connectivity index (χ2n) is 6.20. The smallest absolute Gasteiger partial charge is 0.326 e. The summed E-state index contributed by atoms with van der Waals surface area (Å²) in [6.07, 6.45) is 2.83. The van der Waals surface area contributed by atoms with E-state index in [1.54, 1.807) is 0 Å². The number of hydrogen-bond acceptors (Lipinski definition) is 3. The average Bonchev–Trinajstić information content (AvgIpc) is 2.59. The SMILES string of the molecule is CCC(Cc1ccccc1Br)C(=O)NC(C(=O)O)C1CCCOC1. The lowest BCUT2D eigenvalue weighted by Crippen LogP contribution is -2.50. The Morgan fingerprint density at radius 2 is 2.17 bits per heavy atom. The first-order valence-electron chi connectivity index (χ1n) is 8.37. The van der Waals surface area contributed by atoms with Gasteiger partial charge in [0, 0.05) is 22.9 Å². The maximum atomic E-state index is 12.6. The molecule has 0 bridgehead atoms. The molecule has 1 saturated heterocycles. The van der Waals surface area contributed by atoms with Crippen LogP contribution in [0, 0.1) is 11.8 Å². The Balaban J connectivity index is 2.03. The maximum absolute atomic E-state index is 12.6. The molecule has 5 nitrogen and oxygen atoms in total. The minimum atomic E-state index is -0.991. The number of carbonyl (C=O) groups is 2. The first kappa shape index (κ1) is 18.9. The summed E-state index contributed by atoms with van der Waals surface area (Å²) >= 11 is 3.50. The molecule has 0 aromatic heterocycles. The van der Waals surface area contributed by atoms with Gasteiger partial charge in [0.15, 0.2) is 0 Å². The third-order valence-electron chi connectivity index (χ3n) is 4.52. The third kappa shape index (κ3) is 5.05. The summed E-state index contributed by atoms with van der Waals surface area (Å²) in [6, 6.07) is 6.90. The molecule has 0 spiro atoms. The van der Waals surface area contributed by atoms with Crippen LogP contribution in [0.25, 0.3) is 0 Å². The molecule has 132 valence electrons. The number of nitrogens with one attached hydrogen (secondary N) is 1. The number of carbonyl (C=O) groups excluding carboxylic acids is 1. The highest BCUT2D eigenvalue weighted by atomic mass is 79.9. The zero-order valence-corrected chi connectivity index (χ0v) is 15.4. The van der Waals surface area contributed by atoms with Crippen molar-refractivity contribution in [2.45, 2.75) is 38.6 Å². The molecule has 1 aliphatic heterocycles. The van der Waals surface area contributed by atoms with Crippen molar-refractivity contribution in [2.24, 2.45) is 11.8 Å². The van der Waals surface area contributed by atoms with Crippen LogP contribution in [0.2, 0.25) is 0 Å². The number of carboxylic acids is 1. The van der Waals surface area contributed by atoms with Gasteiger partial charge in [-0.25, -0.2) is 4.79 Å². The Labute approximate surface area is 150 Å². The molecule has 1 heterocycles. The van der Waals surface area contributed by atoms with Crippen LogP contribution in [0.15, 0.2) is 28.7 Å². The second-order valence-corrected chi connectivity index (χ2v) is 7.06. The Morgan fingerprint density at radius 3 is 2.75 bits per heavy atom. The average molecular weight is 398 g/mol. The van der Waals surface area contributed by atoms with Gasteiger partial charge in [-0.15, -0.1) is 0 Å². The lowest BCUT2D eigenvalue weighted by atomic mass is 9.91. The molecule has 1 fully saturated rings. The number of carboxylic acid groups (broad SMARTS) is 1. The standard InChI is InChI=1S/C18H24BrNO4/c1-2-12(10-13-6-3-4-8-15(13)19)17(21)20-16(18(22)23)14-7-5-9-24-11-14/h3-4,6,8,12,14,16H,2,5,7,9-11H2,1H3,(H,20,21)(H,22,23). The van der Waals surface area contributed by atoms with Gasteiger partial charge in [-0.2, -0.15) is 0 Å². The van der Waals surface area contributed by atoms with Crippen LogP contribution < -0.4 is 5.32 Å². The van der Waals surface area contributed by atoms with Crippen LogP contribution >= 0.6 is 15.9 Å². The Kier molecular flexibility index (Phi) is 7.24. The van der Waals surface area contributed by atoms with E-state index >= 15 is 0 Å². The van der Waals surface area contributed by atoms with Gasteiger partial charge in [0.05, 0.1) is 6.61 Å². The minimum Gasteiger partial charge on any atom is -0.480 e. The predicted molar refractivity (Wildman–Crippen MR) is 94.7 cm³/mol. The predicted octanol–water partition coefficient (Wildman–Crippen LogP) is 3.01. The molecule has 1 aromatic carbocycles. The van der Waals surface area contributed by atoms with Gasteiger partial charge in [-0.1, -0.05) is 41.1 Å². The zero-order chi connectivity index (χ0) is 17.5. The van der Waals surface area contributed by atoms with E-state index in [1.807, 2.05) is 31.2 Å². The Morgan fingerprint density at radius 1 is 1.42 bits per heavy atom. The summed E-state index contributed by atoms with van der Waals surface area (Å²) in [6.45, 7) is 3.00. The van der Waals surface area contributed by atoms with E-state index in [4.69, 9.17) is 4.74 Å². The van der Waals surface area contributed by atoms with Crippen molar-refractivity contribution in [2.75, 3.05) is 13.2 Å². The first-order chi connectivity index (χ1) is 11.5. The lowest BCUT2D eigenvalue weighted by molar-refractivity contribution is -0.145. The van der Waals surface area contributed by atoms with Gasteiger partial charge >= 0.3 is 5.97 Å². The van der Waals surface area contributed by atoms with E-state index in [0.717, 1.165) is 22.9 Å². The number of benzene rings is 1. The van der Waals surface area contributed by atoms with E-state index in [0.29, 0.717) is 26.1 Å². The molecule has 24 heavy (non-hydrogen) atoms. The van der Waals surface area contributed by atoms with Crippen LogP contribution in [0.5, 0.6) is 0 Å². The number of aliphatic carboxylic acids is 1. The van der Waals surface area contributed by atoms with Gasteiger partial charge < -0.3 is 15.2 Å². The normalized spacial score (nSPS) is 20.2. The lowest BCUT2D eigenvalue weighted by Gasteiger charge is -2.29. The molecule has 2 rings (SSSR count). The molecule has 2 N–H and O–H groups in total. The molecular weight excluding hydrogens is 374 g/mol. The monoisotopic (exact) mass is 397 g/mol. The van der Waals surface area contributed by atoms with Crippen LogP contribution in [-0.4, -0.2) is 36.2 Å². The van der Waals surface area contributed by atoms with Crippen LogP contribution in [0.4, 0.5) is 0 Å². The molecule has 6 heteroatoms. The number of amides is 1. The number of rotatable bonds is 7. The molecule has 3 atom stereocenters. The van der Waals surface area contributed by atoms with Crippen molar-refractivity contribution < 1.29 is 19.4 Å². The highest BCUT2D eigenvalue weighted by molar-refractivity contribution is 9.10. The van der Waals surface area contributed by atoms with Crippen molar-refractivity contribution >= 4 is 27.8 Å². The molecule has 0 radical (unpaired) electrons. The molecule has 3 unspecified atom stereocenters. The zero-order valence-electron chi connectivity index (χ0n) is 13.8. The summed E-state index contributed by atoms with van der Waals surface area (Å²) < 4.78 is 6.34. The van der Waals surface area contributed by atoms with Crippen molar-refractivity contribution in [3.05, 3.63) is 34.3 Å². The molecule has 0 aliphatic carbocycles. The second kappa shape index (κ2) is 9.18. The van der Waals surface area contributed by atoms with Crippen LogP contribution in [0.1, 0.15) is 31.7 Å². The molecule has 0 saturated carbocycles. The van der Waals surface area contributed by atoms with E-state index in [1.165, 1.54) is 0 Å². The van der Waals surface area contributed by atoms with E-state index in [2.05, 4.69) is 21.2 Å². The molecule has 1 aliphatic rings. The summed E-state index contributed by atoms with van der Waals surface area (Å²) in [5.74, 6) is -1.61. The highest BCUT2D eigenvalue weighted by Gasteiger charge is 2.32. The number of hydrogen-bond donors (Lipinski definition) is 2. The van der Waals surface area contributed by atoms with Crippen molar-refractivity contribution in [1.82, 2.24) is 5.32 Å². The highest BCUT2D eigenvalue weighted by Crippen LogP contribution is 2.22. The number of ether oxygens (including phenoxy) is 1. The molecule has 1 aromatic rings. The van der Waals surface area contributed by atoms with Crippen LogP contribution in [-0.2, 0) is 20.7 Å². The molecular formula is C18H24BrNO4. The van der Waals surface area contributed by atoms with Crippen molar-refractivity contribution in [3.8, 4) is 0 Å². The van der Waals surface area contributed by atoms with Gasteiger partial charge in [0.25, 0.3) is 0 Å².